The molecule has 0 unspecified atom stereocenters. The van der Waals surface area contributed by atoms with Crippen molar-refractivity contribution >= 4 is 0 Å². The molecule has 15 heavy (non-hydrogen) atoms. The maximum atomic E-state index is 12.3. The maximum absolute atomic E-state index is 12.3. The van der Waals surface area contributed by atoms with Crippen LogP contribution in [-0.2, 0) is 4.74 Å². The Bertz CT molecular complexity index is 316. The first kappa shape index (κ1) is 11.7. The van der Waals surface area contributed by atoms with E-state index in [1.807, 2.05) is 0 Å². The average Bonchev–Trinajstić information content (AvgIpc) is 2.20. The number of alkyl halides is 2. The van der Waals surface area contributed by atoms with Gasteiger partial charge in [-0.15, -0.1) is 0 Å². The van der Waals surface area contributed by atoms with E-state index in [9.17, 15) is 13.9 Å². The minimum atomic E-state index is -2.57. The molecular formula is C10H12F2O3. The Hall–Kier alpha value is -1.36. The van der Waals surface area contributed by atoms with E-state index in [2.05, 4.69) is 0 Å². The van der Waals surface area contributed by atoms with Crippen molar-refractivity contribution in [1.82, 2.24) is 0 Å². The van der Waals surface area contributed by atoms with Crippen molar-refractivity contribution in [2.24, 2.45) is 0 Å². The number of aromatic hydroxyl groups is 1. The van der Waals surface area contributed by atoms with Crippen LogP contribution in [-0.4, -0.2) is 25.4 Å². The Labute approximate surface area is 86.2 Å². The summed E-state index contributed by atoms with van der Waals surface area (Å²) < 4.78 is 34.4. The van der Waals surface area contributed by atoms with E-state index in [4.69, 9.17) is 9.47 Å². The molecule has 0 aliphatic heterocycles. The minimum absolute atomic E-state index is 0.0462. The second-order valence-electron chi connectivity index (χ2n) is 2.87. The Balaban J connectivity index is 2.72. The van der Waals surface area contributed by atoms with Crippen LogP contribution in [0.3, 0.4) is 0 Å². The van der Waals surface area contributed by atoms with Gasteiger partial charge in [-0.2, -0.15) is 0 Å². The summed E-state index contributed by atoms with van der Waals surface area (Å²) in [6.07, 6.45) is -2.57. The quantitative estimate of drug-likeness (QED) is 0.771. The number of rotatable bonds is 5. The van der Waals surface area contributed by atoms with E-state index >= 15 is 0 Å². The molecule has 0 saturated heterocycles. The number of benzene rings is 1. The van der Waals surface area contributed by atoms with Crippen LogP contribution < -0.4 is 4.74 Å². The second kappa shape index (κ2) is 5.50. The number of phenolic OH excluding ortho intramolecular Hbond substituents is 1. The van der Waals surface area contributed by atoms with Gasteiger partial charge in [0.15, 0.2) is 11.5 Å². The smallest absolute Gasteiger partial charge is 0.263 e. The van der Waals surface area contributed by atoms with Crippen molar-refractivity contribution < 1.29 is 23.4 Å². The Morgan fingerprint density at radius 3 is 2.67 bits per heavy atom. The molecule has 0 saturated carbocycles. The molecule has 84 valence electrons. The molecule has 1 N–H and O–H groups in total. The molecule has 1 aromatic carbocycles. The van der Waals surface area contributed by atoms with Gasteiger partial charge < -0.3 is 14.6 Å². The lowest BCUT2D eigenvalue weighted by atomic mass is 10.2. The summed E-state index contributed by atoms with van der Waals surface area (Å²) in [6, 6.07) is 3.46. The maximum Gasteiger partial charge on any atom is 0.263 e. The Morgan fingerprint density at radius 1 is 1.33 bits per heavy atom. The first-order valence-electron chi connectivity index (χ1n) is 4.38. The molecule has 0 aliphatic rings. The summed E-state index contributed by atoms with van der Waals surface area (Å²) in [5, 5.41) is 9.31. The van der Waals surface area contributed by atoms with E-state index in [1.54, 1.807) is 0 Å². The average molecular weight is 218 g/mol. The summed E-state index contributed by atoms with van der Waals surface area (Å²) in [6.45, 7) is 0.537. The van der Waals surface area contributed by atoms with E-state index in [1.165, 1.54) is 13.2 Å². The molecular weight excluding hydrogens is 206 g/mol. The summed E-state index contributed by atoms with van der Waals surface area (Å²) >= 11 is 0. The Kier molecular flexibility index (Phi) is 4.30. The van der Waals surface area contributed by atoms with Gasteiger partial charge in [0.05, 0.1) is 6.61 Å². The van der Waals surface area contributed by atoms with Gasteiger partial charge in [-0.3, -0.25) is 0 Å². The highest BCUT2D eigenvalue weighted by Crippen LogP contribution is 2.30. The third-order valence-corrected chi connectivity index (χ3v) is 1.78. The fourth-order valence-electron chi connectivity index (χ4n) is 1.02. The number of phenols is 1. The van der Waals surface area contributed by atoms with E-state index in [0.29, 0.717) is 6.61 Å². The van der Waals surface area contributed by atoms with Gasteiger partial charge in [-0.05, 0) is 18.2 Å². The molecule has 0 amide bonds. The largest absolute Gasteiger partial charge is 0.504 e. The third-order valence-electron chi connectivity index (χ3n) is 1.78. The molecule has 5 heteroatoms. The van der Waals surface area contributed by atoms with Gasteiger partial charge in [0.25, 0.3) is 6.43 Å². The van der Waals surface area contributed by atoms with E-state index in [0.717, 1.165) is 12.1 Å². The van der Waals surface area contributed by atoms with E-state index in [-0.39, 0.29) is 23.7 Å². The van der Waals surface area contributed by atoms with Gasteiger partial charge in [-0.25, -0.2) is 8.78 Å². The van der Waals surface area contributed by atoms with Gasteiger partial charge in [-0.1, -0.05) is 0 Å². The number of hydrogen-bond donors (Lipinski definition) is 1. The van der Waals surface area contributed by atoms with Gasteiger partial charge in [0.1, 0.15) is 6.61 Å². The lowest BCUT2D eigenvalue weighted by molar-refractivity contribution is 0.141. The normalized spacial score (nSPS) is 10.7. The number of methoxy groups -OCH3 is 1. The highest BCUT2D eigenvalue weighted by Gasteiger charge is 2.10. The van der Waals surface area contributed by atoms with Crippen LogP contribution in [0.4, 0.5) is 8.78 Å². The van der Waals surface area contributed by atoms with Crippen molar-refractivity contribution in [2.45, 2.75) is 6.43 Å². The molecule has 0 fully saturated rings. The fourth-order valence-corrected chi connectivity index (χ4v) is 1.02. The molecule has 0 aromatic heterocycles. The molecule has 0 heterocycles. The molecule has 0 bridgehead atoms. The zero-order valence-electron chi connectivity index (χ0n) is 8.24. The highest BCUT2D eigenvalue weighted by molar-refractivity contribution is 5.42. The molecule has 1 aromatic rings. The summed E-state index contributed by atoms with van der Waals surface area (Å²) in [4.78, 5) is 0. The van der Waals surface area contributed by atoms with Crippen LogP contribution >= 0.6 is 0 Å². The molecule has 0 spiro atoms. The number of hydrogen-bond acceptors (Lipinski definition) is 3. The van der Waals surface area contributed by atoms with Crippen LogP contribution in [0.2, 0.25) is 0 Å². The van der Waals surface area contributed by atoms with Crippen LogP contribution in [0, 0.1) is 0 Å². The summed E-state index contributed by atoms with van der Waals surface area (Å²) in [5.74, 6) is -0.111. The fraction of sp³-hybridized carbons (Fsp3) is 0.400. The summed E-state index contributed by atoms with van der Waals surface area (Å²) in [5.41, 5.74) is -0.180. The number of ether oxygens (including phenoxy) is 2. The van der Waals surface area contributed by atoms with Crippen LogP contribution in [0.15, 0.2) is 18.2 Å². The molecule has 3 nitrogen and oxygen atoms in total. The van der Waals surface area contributed by atoms with Gasteiger partial charge in [0.2, 0.25) is 0 Å². The summed E-state index contributed by atoms with van der Waals surface area (Å²) in [7, 11) is 1.50. The zero-order valence-corrected chi connectivity index (χ0v) is 8.24. The van der Waals surface area contributed by atoms with Crippen molar-refractivity contribution in [3.8, 4) is 11.5 Å². The monoisotopic (exact) mass is 218 g/mol. The lowest BCUT2D eigenvalue weighted by Gasteiger charge is -2.09. The SMILES string of the molecule is COCCOc1cc(C(F)F)ccc1O. The van der Waals surface area contributed by atoms with Crippen molar-refractivity contribution in [2.75, 3.05) is 20.3 Å². The van der Waals surface area contributed by atoms with Crippen molar-refractivity contribution in [3.05, 3.63) is 23.8 Å². The Morgan fingerprint density at radius 2 is 2.07 bits per heavy atom. The second-order valence-corrected chi connectivity index (χ2v) is 2.87. The zero-order chi connectivity index (χ0) is 11.3. The number of halogens is 2. The standard InChI is InChI=1S/C10H12F2O3/c1-14-4-5-15-9-6-7(10(11)12)2-3-8(9)13/h2-3,6,10,13H,4-5H2,1H3. The van der Waals surface area contributed by atoms with Gasteiger partial charge >= 0.3 is 0 Å². The van der Waals surface area contributed by atoms with Crippen molar-refractivity contribution in [1.29, 1.82) is 0 Å². The topological polar surface area (TPSA) is 38.7 Å². The van der Waals surface area contributed by atoms with Crippen LogP contribution in [0.1, 0.15) is 12.0 Å². The van der Waals surface area contributed by atoms with E-state index < -0.39 is 6.43 Å². The molecule has 0 radical (unpaired) electrons. The minimum Gasteiger partial charge on any atom is -0.504 e. The highest BCUT2D eigenvalue weighted by atomic mass is 19.3. The first-order chi connectivity index (χ1) is 7.15. The lowest BCUT2D eigenvalue weighted by Crippen LogP contribution is -2.04. The third kappa shape index (κ3) is 3.36. The molecule has 0 atom stereocenters. The van der Waals surface area contributed by atoms with Crippen molar-refractivity contribution in [3.63, 3.8) is 0 Å². The first-order valence-corrected chi connectivity index (χ1v) is 4.38. The predicted molar refractivity (Wildman–Crippen MR) is 50.4 cm³/mol. The molecule has 0 aliphatic carbocycles. The van der Waals surface area contributed by atoms with Crippen LogP contribution in [0.25, 0.3) is 0 Å². The molecule has 1 rings (SSSR count). The van der Waals surface area contributed by atoms with Gasteiger partial charge in [0, 0.05) is 12.7 Å². The predicted octanol–water partition coefficient (Wildman–Crippen LogP) is 2.36. The van der Waals surface area contributed by atoms with Crippen LogP contribution in [0.5, 0.6) is 11.5 Å².